The van der Waals surface area contributed by atoms with E-state index in [2.05, 4.69) is 5.32 Å². The topological polar surface area (TPSA) is 92.4 Å². The summed E-state index contributed by atoms with van der Waals surface area (Å²) >= 11 is 0. The molecule has 124 valence electrons. The molecule has 0 saturated carbocycles. The van der Waals surface area contributed by atoms with Gasteiger partial charge >= 0.3 is 5.97 Å². The van der Waals surface area contributed by atoms with Gasteiger partial charge in [0.2, 0.25) is 5.91 Å². The number of carbonyl (C=O) groups excluding carboxylic acids is 1. The number of rotatable bonds is 11. The second-order valence-electron chi connectivity index (χ2n) is 6.39. The molecular formula is C16H32N2O3. The summed E-state index contributed by atoms with van der Waals surface area (Å²) in [4.78, 5) is 22.7. The maximum absolute atomic E-state index is 12.0. The third-order valence-corrected chi connectivity index (χ3v) is 3.83. The first-order valence-corrected chi connectivity index (χ1v) is 8.02. The lowest BCUT2D eigenvalue weighted by Gasteiger charge is -2.18. The molecule has 5 nitrogen and oxygen atoms in total. The minimum atomic E-state index is -0.755. The van der Waals surface area contributed by atoms with Gasteiger partial charge in [-0.15, -0.1) is 0 Å². The van der Waals surface area contributed by atoms with Crippen molar-refractivity contribution < 1.29 is 14.7 Å². The van der Waals surface area contributed by atoms with Gasteiger partial charge in [-0.3, -0.25) is 9.59 Å². The quantitative estimate of drug-likeness (QED) is 0.546. The highest BCUT2D eigenvalue weighted by Gasteiger charge is 2.16. The van der Waals surface area contributed by atoms with Crippen molar-refractivity contribution in [2.45, 2.75) is 78.3 Å². The van der Waals surface area contributed by atoms with Crippen molar-refractivity contribution in [2.24, 2.45) is 17.6 Å². The lowest BCUT2D eigenvalue weighted by Crippen LogP contribution is -2.36. The average Bonchev–Trinajstić information content (AvgIpc) is 2.37. The van der Waals surface area contributed by atoms with Crippen molar-refractivity contribution >= 4 is 11.9 Å². The summed E-state index contributed by atoms with van der Waals surface area (Å²) in [5.74, 6) is -0.984. The molecule has 21 heavy (non-hydrogen) atoms. The summed E-state index contributed by atoms with van der Waals surface area (Å²) < 4.78 is 0. The van der Waals surface area contributed by atoms with Gasteiger partial charge in [0, 0.05) is 18.0 Å². The molecule has 0 saturated heterocycles. The van der Waals surface area contributed by atoms with E-state index in [-0.39, 0.29) is 29.8 Å². The Kier molecular flexibility index (Phi) is 10.0. The van der Waals surface area contributed by atoms with Crippen LogP contribution in [-0.4, -0.2) is 29.1 Å². The SMILES string of the molecule is CC(N)CCCC(C)C(=O)NC(C)CCCC(C)C(=O)O. The maximum atomic E-state index is 12.0. The number of carboxylic acids is 1. The van der Waals surface area contributed by atoms with Crippen molar-refractivity contribution in [1.29, 1.82) is 0 Å². The van der Waals surface area contributed by atoms with Crippen LogP contribution in [-0.2, 0) is 9.59 Å². The zero-order valence-corrected chi connectivity index (χ0v) is 13.9. The summed E-state index contributed by atoms with van der Waals surface area (Å²) in [5.41, 5.74) is 5.69. The van der Waals surface area contributed by atoms with Crippen LogP contribution in [0.5, 0.6) is 0 Å². The molecule has 0 aromatic rings. The largest absolute Gasteiger partial charge is 0.481 e. The lowest BCUT2D eigenvalue weighted by molar-refractivity contribution is -0.141. The molecule has 0 spiro atoms. The molecule has 0 aliphatic heterocycles. The van der Waals surface area contributed by atoms with Crippen LogP contribution in [0.4, 0.5) is 0 Å². The minimum Gasteiger partial charge on any atom is -0.481 e. The third-order valence-electron chi connectivity index (χ3n) is 3.83. The Morgan fingerprint density at radius 1 is 0.952 bits per heavy atom. The van der Waals surface area contributed by atoms with E-state index < -0.39 is 5.97 Å². The van der Waals surface area contributed by atoms with Crippen molar-refractivity contribution in [2.75, 3.05) is 0 Å². The second kappa shape index (κ2) is 10.6. The molecule has 0 aliphatic rings. The molecule has 0 bridgehead atoms. The molecule has 4 N–H and O–H groups in total. The predicted molar refractivity (Wildman–Crippen MR) is 84.9 cm³/mol. The molecule has 0 heterocycles. The monoisotopic (exact) mass is 300 g/mol. The molecule has 0 fully saturated rings. The Labute approximate surface area is 128 Å². The molecule has 5 heteroatoms. The molecular weight excluding hydrogens is 268 g/mol. The standard InChI is InChI=1S/C16H32N2O3/c1-11(7-5-9-13(3)17)15(19)18-14(4)10-6-8-12(2)16(20)21/h11-14H,5-10,17H2,1-4H3,(H,18,19)(H,20,21). The number of aliphatic carboxylic acids is 1. The van der Waals surface area contributed by atoms with Crippen LogP contribution in [0, 0.1) is 11.8 Å². The van der Waals surface area contributed by atoms with Crippen molar-refractivity contribution in [3.63, 3.8) is 0 Å². The molecule has 1 amide bonds. The van der Waals surface area contributed by atoms with Crippen LogP contribution >= 0.6 is 0 Å². The van der Waals surface area contributed by atoms with E-state index in [4.69, 9.17) is 10.8 Å². The second-order valence-corrected chi connectivity index (χ2v) is 6.39. The predicted octanol–water partition coefficient (Wildman–Crippen LogP) is 2.54. The van der Waals surface area contributed by atoms with E-state index in [0.29, 0.717) is 6.42 Å². The number of carbonyl (C=O) groups is 2. The third kappa shape index (κ3) is 10.3. The van der Waals surface area contributed by atoms with E-state index in [1.165, 1.54) is 0 Å². The van der Waals surface area contributed by atoms with Crippen molar-refractivity contribution in [3.8, 4) is 0 Å². The molecule has 0 rings (SSSR count). The van der Waals surface area contributed by atoms with E-state index in [0.717, 1.165) is 32.1 Å². The Bertz CT molecular complexity index is 319. The van der Waals surface area contributed by atoms with Crippen molar-refractivity contribution in [1.82, 2.24) is 5.32 Å². The summed E-state index contributed by atoms with van der Waals surface area (Å²) in [6.07, 6.45) is 5.05. The Morgan fingerprint density at radius 3 is 2.00 bits per heavy atom. The smallest absolute Gasteiger partial charge is 0.306 e. The highest BCUT2D eigenvalue weighted by atomic mass is 16.4. The van der Waals surface area contributed by atoms with Gasteiger partial charge in [-0.1, -0.05) is 26.7 Å². The van der Waals surface area contributed by atoms with Gasteiger partial charge in [-0.2, -0.15) is 0 Å². The summed E-state index contributed by atoms with van der Waals surface area (Å²) in [7, 11) is 0. The normalized spacial score (nSPS) is 16.8. The van der Waals surface area contributed by atoms with Crippen LogP contribution in [0.15, 0.2) is 0 Å². The molecule has 4 unspecified atom stereocenters. The number of hydrogen-bond donors (Lipinski definition) is 3. The number of nitrogens with one attached hydrogen (secondary N) is 1. The highest BCUT2D eigenvalue weighted by Crippen LogP contribution is 2.12. The summed E-state index contributed by atoms with van der Waals surface area (Å²) in [5, 5.41) is 11.8. The van der Waals surface area contributed by atoms with Gasteiger partial charge in [0.05, 0.1) is 5.92 Å². The van der Waals surface area contributed by atoms with E-state index in [1.807, 2.05) is 20.8 Å². The number of carboxylic acid groups (broad SMARTS) is 1. The van der Waals surface area contributed by atoms with Crippen molar-refractivity contribution in [3.05, 3.63) is 0 Å². The molecule has 0 aromatic heterocycles. The first-order chi connectivity index (χ1) is 9.73. The first-order valence-electron chi connectivity index (χ1n) is 8.02. The first kappa shape index (κ1) is 19.9. The van der Waals surface area contributed by atoms with Crippen LogP contribution in [0.3, 0.4) is 0 Å². The van der Waals surface area contributed by atoms with Gasteiger partial charge in [0.15, 0.2) is 0 Å². The van der Waals surface area contributed by atoms with E-state index >= 15 is 0 Å². The molecule has 0 aliphatic carbocycles. The number of amides is 1. The summed E-state index contributed by atoms with van der Waals surface area (Å²) in [6.45, 7) is 7.60. The zero-order valence-electron chi connectivity index (χ0n) is 13.9. The van der Waals surface area contributed by atoms with Crippen LogP contribution in [0.1, 0.15) is 66.2 Å². The fraction of sp³-hybridized carbons (Fsp3) is 0.875. The van der Waals surface area contributed by atoms with Gasteiger partial charge in [-0.05, 0) is 39.5 Å². The molecule has 0 radical (unpaired) electrons. The van der Waals surface area contributed by atoms with Crippen LogP contribution < -0.4 is 11.1 Å². The molecule has 4 atom stereocenters. The average molecular weight is 300 g/mol. The van der Waals surface area contributed by atoms with Gasteiger partial charge < -0.3 is 16.2 Å². The van der Waals surface area contributed by atoms with Gasteiger partial charge in [0.1, 0.15) is 0 Å². The number of nitrogens with two attached hydrogens (primary N) is 1. The fourth-order valence-electron chi connectivity index (χ4n) is 2.19. The minimum absolute atomic E-state index is 0.00384. The van der Waals surface area contributed by atoms with E-state index in [9.17, 15) is 9.59 Å². The van der Waals surface area contributed by atoms with Crippen LogP contribution in [0.2, 0.25) is 0 Å². The lowest BCUT2D eigenvalue weighted by atomic mass is 9.99. The fourth-order valence-corrected chi connectivity index (χ4v) is 2.19. The highest BCUT2D eigenvalue weighted by molar-refractivity contribution is 5.78. The Balaban J connectivity index is 3.84. The maximum Gasteiger partial charge on any atom is 0.306 e. The van der Waals surface area contributed by atoms with E-state index in [1.54, 1.807) is 6.92 Å². The summed E-state index contributed by atoms with van der Waals surface area (Å²) in [6, 6.07) is 0.282. The Hall–Kier alpha value is -1.10. The van der Waals surface area contributed by atoms with Gasteiger partial charge in [0.25, 0.3) is 0 Å². The van der Waals surface area contributed by atoms with Crippen LogP contribution in [0.25, 0.3) is 0 Å². The Morgan fingerprint density at radius 2 is 1.48 bits per heavy atom. The molecule has 0 aromatic carbocycles. The zero-order chi connectivity index (χ0) is 16.4. The van der Waals surface area contributed by atoms with Gasteiger partial charge in [-0.25, -0.2) is 0 Å². The number of hydrogen-bond acceptors (Lipinski definition) is 3.